The molecule has 1 aliphatic rings. The third-order valence-electron chi connectivity index (χ3n) is 3.95. The molecule has 5 nitrogen and oxygen atoms in total. The van der Waals surface area contributed by atoms with E-state index in [9.17, 15) is 9.59 Å². The molecule has 21 heavy (non-hydrogen) atoms. The minimum atomic E-state index is -0.765. The maximum Gasteiger partial charge on any atom is 0.303 e. The number of hydrogen-bond acceptors (Lipinski definition) is 3. The van der Waals surface area contributed by atoms with E-state index in [2.05, 4.69) is 0 Å². The van der Waals surface area contributed by atoms with Gasteiger partial charge in [0.25, 0.3) is 5.91 Å². The SMILES string of the molecule is CN(C)c1cccc(C(=O)N2CCC(CCC(=O)O)C2)c1. The van der Waals surface area contributed by atoms with Crippen LogP contribution in [0.4, 0.5) is 5.69 Å². The van der Waals surface area contributed by atoms with Crippen molar-refractivity contribution < 1.29 is 14.7 Å². The third-order valence-corrected chi connectivity index (χ3v) is 3.95. The van der Waals surface area contributed by atoms with Gasteiger partial charge < -0.3 is 14.9 Å². The Balaban J connectivity index is 1.98. The van der Waals surface area contributed by atoms with E-state index in [0.29, 0.717) is 24.4 Å². The van der Waals surface area contributed by atoms with Gasteiger partial charge in [-0.3, -0.25) is 9.59 Å². The molecule has 5 heteroatoms. The monoisotopic (exact) mass is 290 g/mol. The quantitative estimate of drug-likeness (QED) is 0.902. The summed E-state index contributed by atoms with van der Waals surface area (Å²) in [6, 6.07) is 7.59. The first-order chi connectivity index (χ1) is 9.97. The van der Waals surface area contributed by atoms with Crippen molar-refractivity contribution in [1.82, 2.24) is 4.90 Å². The van der Waals surface area contributed by atoms with Crippen LogP contribution in [0.25, 0.3) is 0 Å². The number of rotatable bonds is 5. The number of carbonyl (C=O) groups excluding carboxylic acids is 1. The minimum Gasteiger partial charge on any atom is -0.481 e. The molecule has 1 aromatic rings. The van der Waals surface area contributed by atoms with Gasteiger partial charge in [-0.2, -0.15) is 0 Å². The summed E-state index contributed by atoms with van der Waals surface area (Å²) in [6.45, 7) is 1.38. The number of anilines is 1. The first-order valence-electron chi connectivity index (χ1n) is 7.26. The van der Waals surface area contributed by atoms with Crippen molar-refractivity contribution in [2.75, 3.05) is 32.1 Å². The lowest BCUT2D eigenvalue weighted by Crippen LogP contribution is -2.29. The summed E-state index contributed by atoms with van der Waals surface area (Å²) in [5.41, 5.74) is 1.70. The zero-order valence-electron chi connectivity index (χ0n) is 12.6. The summed E-state index contributed by atoms with van der Waals surface area (Å²) in [5.74, 6) is -0.419. The van der Waals surface area contributed by atoms with Crippen molar-refractivity contribution in [2.45, 2.75) is 19.3 Å². The van der Waals surface area contributed by atoms with Crippen LogP contribution in [0.15, 0.2) is 24.3 Å². The molecule has 2 rings (SSSR count). The Morgan fingerprint density at radius 1 is 1.38 bits per heavy atom. The molecule has 0 saturated carbocycles. The number of likely N-dealkylation sites (tertiary alicyclic amines) is 1. The zero-order valence-corrected chi connectivity index (χ0v) is 12.6. The maximum absolute atomic E-state index is 12.5. The first kappa shape index (κ1) is 15.4. The molecule has 1 amide bonds. The fourth-order valence-electron chi connectivity index (χ4n) is 2.68. The predicted molar refractivity (Wildman–Crippen MR) is 81.6 cm³/mol. The lowest BCUT2D eigenvalue weighted by molar-refractivity contribution is -0.137. The summed E-state index contributed by atoms with van der Waals surface area (Å²) < 4.78 is 0. The number of nitrogens with zero attached hydrogens (tertiary/aromatic N) is 2. The van der Waals surface area contributed by atoms with Crippen molar-refractivity contribution in [2.24, 2.45) is 5.92 Å². The van der Waals surface area contributed by atoms with Crippen LogP contribution < -0.4 is 4.90 Å². The Labute approximate surface area is 125 Å². The van der Waals surface area contributed by atoms with Gasteiger partial charge in [-0.25, -0.2) is 0 Å². The number of carboxylic acids is 1. The molecule has 1 atom stereocenters. The smallest absolute Gasteiger partial charge is 0.303 e. The maximum atomic E-state index is 12.5. The van der Waals surface area contributed by atoms with Crippen molar-refractivity contribution in [3.8, 4) is 0 Å². The summed E-state index contributed by atoms with van der Waals surface area (Å²) in [5, 5.41) is 8.72. The van der Waals surface area contributed by atoms with Crippen LogP contribution >= 0.6 is 0 Å². The average molecular weight is 290 g/mol. The van der Waals surface area contributed by atoms with Crippen molar-refractivity contribution in [3.63, 3.8) is 0 Å². The fourth-order valence-corrected chi connectivity index (χ4v) is 2.68. The van der Waals surface area contributed by atoms with E-state index in [1.54, 1.807) is 0 Å². The lowest BCUT2D eigenvalue weighted by Gasteiger charge is -2.18. The van der Waals surface area contributed by atoms with Crippen molar-refractivity contribution >= 4 is 17.6 Å². The molecule has 0 radical (unpaired) electrons. The van der Waals surface area contributed by atoms with E-state index in [-0.39, 0.29) is 12.3 Å². The molecule has 1 unspecified atom stereocenters. The van der Waals surface area contributed by atoms with Gasteiger partial charge in [0.05, 0.1) is 0 Å². The topological polar surface area (TPSA) is 60.9 Å². The van der Waals surface area contributed by atoms with Crippen molar-refractivity contribution in [3.05, 3.63) is 29.8 Å². The molecule has 0 spiro atoms. The fraction of sp³-hybridized carbons (Fsp3) is 0.500. The molecule has 1 heterocycles. The van der Waals surface area contributed by atoms with Gasteiger partial charge >= 0.3 is 5.97 Å². The molecule has 0 bridgehead atoms. The van der Waals surface area contributed by atoms with Gasteiger partial charge in [-0.15, -0.1) is 0 Å². The number of benzene rings is 1. The average Bonchev–Trinajstić information content (AvgIpc) is 2.93. The van der Waals surface area contributed by atoms with Gasteiger partial charge in [-0.05, 0) is 37.0 Å². The second kappa shape index (κ2) is 6.61. The minimum absolute atomic E-state index is 0.0384. The summed E-state index contributed by atoms with van der Waals surface area (Å²) >= 11 is 0. The van der Waals surface area contributed by atoms with E-state index in [1.165, 1.54) is 0 Å². The van der Waals surface area contributed by atoms with Gasteiger partial charge in [0.15, 0.2) is 0 Å². The molecule has 0 aromatic heterocycles. The van der Waals surface area contributed by atoms with Crippen LogP contribution in [-0.2, 0) is 4.79 Å². The number of carbonyl (C=O) groups is 2. The zero-order chi connectivity index (χ0) is 15.4. The normalized spacial score (nSPS) is 17.8. The Kier molecular flexibility index (Phi) is 4.83. The van der Waals surface area contributed by atoms with E-state index < -0.39 is 5.97 Å². The van der Waals surface area contributed by atoms with Gasteiger partial charge in [0.1, 0.15) is 0 Å². The lowest BCUT2D eigenvalue weighted by atomic mass is 10.0. The Hall–Kier alpha value is -2.04. The van der Waals surface area contributed by atoms with Crippen molar-refractivity contribution in [1.29, 1.82) is 0 Å². The highest BCUT2D eigenvalue weighted by atomic mass is 16.4. The Morgan fingerprint density at radius 2 is 2.14 bits per heavy atom. The van der Waals surface area contributed by atoms with Crippen LogP contribution in [-0.4, -0.2) is 49.1 Å². The summed E-state index contributed by atoms with van der Waals surface area (Å²) in [6.07, 6.45) is 1.73. The molecular formula is C16H22N2O3. The molecule has 0 aliphatic carbocycles. The molecular weight excluding hydrogens is 268 g/mol. The van der Waals surface area contributed by atoms with E-state index >= 15 is 0 Å². The second-order valence-electron chi connectivity index (χ2n) is 5.78. The summed E-state index contributed by atoms with van der Waals surface area (Å²) in [7, 11) is 3.89. The Bertz CT molecular complexity index is 528. The molecule has 1 aromatic carbocycles. The van der Waals surface area contributed by atoms with Crippen LogP contribution in [0.1, 0.15) is 29.6 Å². The summed E-state index contributed by atoms with van der Waals surface area (Å²) in [4.78, 5) is 26.9. The molecule has 1 saturated heterocycles. The highest BCUT2D eigenvalue weighted by molar-refractivity contribution is 5.95. The predicted octanol–water partition coefficient (Wildman–Crippen LogP) is 2.08. The van der Waals surface area contributed by atoms with Gasteiger partial charge in [-0.1, -0.05) is 6.07 Å². The van der Waals surface area contributed by atoms with Crippen LogP contribution in [0, 0.1) is 5.92 Å². The van der Waals surface area contributed by atoms with Crippen LogP contribution in [0.2, 0.25) is 0 Å². The van der Waals surface area contributed by atoms with Crippen LogP contribution in [0.5, 0.6) is 0 Å². The number of aliphatic carboxylic acids is 1. The van der Waals surface area contributed by atoms with E-state index in [4.69, 9.17) is 5.11 Å². The molecule has 1 fully saturated rings. The highest BCUT2D eigenvalue weighted by Crippen LogP contribution is 2.23. The van der Waals surface area contributed by atoms with E-state index in [0.717, 1.165) is 18.7 Å². The number of hydrogen-bond donors (Lipinski definition) is 1. The number of carboxylic acid groups (broad SMARTS) is 1. The second-order valence-corrected chi connectivity index (χ2v) is 5.78. The van der Waals surface area contributed by atoms with E-state index in [1.807, 2.05) is 48.2 Å². The van der Waals surface area contributed by atoms with Crippen LogP contribution in [0.3, 0.4) is 0 Å². The number of amides is 1. The van der Waals surface area contributed by atoms with Gasteiger partial charge in [0, 0.05) is 44.9 Å². The first-order valence-corrected chi connectivity index (χ1v) is 7.26. The third kappa shape index (κ3) is 3.97. The molecule has 1 aliphatic heterocycles. The molecule has 1 N–H and O–H groups in total. The highest BCUT2D eigenvalue weighted by Gasteiger charge is 2.27. The van der Waals surface area contributed by atoms with Gasteiger partial charge in [0.2, 0.25) is 0 Å². The standard InChI is InChI=1S/C16H22N2O3/c1-17(2)14-5-3-4-13(10-14)16(21)18-9-8-12(11-18)6-7-15(19)20/h3-5,10,12H,6-9,11H2,1-2H3,(H,19,20). The largest absolute Gasteiger partial charge is 0.481 e. The molecule has 114 valence electrons. The Morgan fingerprint density at radius 3 is 2.81 bits per heavy atom.